The second-order valence-electron chi connectivity index (χ2n) is 7.88. The lowest BCUT2D eigenvalue weighted by Crippen LogP contribution is -2.55. The molecule has 1 heterocycles. The van der Waals surface area contributed by atoms with Crippen LogP contribution in [0.25, 0.3) is 0 Å². The standard InChI is InChI=1S/C18H36N2/c1-5-15-8-7-12-20(13-10-15)17-14-18(3,4)11-9-16(17)19-6-2/h15-17,19H,5-14H2,1-4H3. The summed E-state index contributed by atoms with van der Waals surface area (Å²) in [6.45, 7) is 13.3. The van der Waals surface area contributed by atoms with Gasteiger partial charge < -0.3 is 5.32 Å². The summed E-state index contributed by atoms with van der Waals surface area (Å²) < 4.78 is 0. The van der Waals surface area contributed by atoms with Crippen LogP contribution in [0.15, 0.2) is 0 Å². The Hall–Kier alpha value is -0.0800. The van der Waals surface area contributed by atoms with E-state index in [2.05, 4.69) is 37.9 Å². The van der Waals surface area contributed by atoms with Gasteiger partial charge in [0.15, 0.2) is 0 Å². The number of hydrogen-bond donors (Lipinski definition) is 1. The predicted octanol–water partition coefficient (Wildman–Crippen LogP) is 4.06. The van der Waals surface area contributed by atoms with Gasteiger partial charge in [-0.2, -0.15) is 0 Å². The molecular formula is C18H36N2. The molecule has 1 N–H and O–H groups in total. The summed E-state index contributed by atoms with van der Waals surface area (Å²) in [5, 5.41) is 3.77. The van der Waals surface area contributed by atoms with Crippen molar-refractivity contribution in [3.63, 3.8) is 0 Å². The number of hydrogen-bond acceptors (Lipinski definition) is 2. The molecule has 2 nitrogen and oxygen atoms in total. The van der Waals surface area contributed by atoms with E-state index < -0.39 is 0 Å². The minimum atomic E-state index is 0.535. The Morgan fingerprint density at radius 3 is 2.60 bits per heavy atom. The Bertz CT molecular complexity index is 287. The zero-order valence-electron chi connectivity index (χ0n) is 14.3. The first-order valence-corrected chi connectivity index (χ1v) is 9.03. The van der Waals surface area contributed by atoms with Crippen LogP contribution in [0.2, 0.25) is 0 Å². The lowest BCUT2D eigenvalue weighted by atomic mass is 9.72. The van der Waals surface area contributed by atoms with Crippen LogP contribution in [0.1, 0.15) is 72.6 Å². The molecule has 0 spiro atoms. The topological polar surface area (TPSA) is 15.3 Å². The summed E-state index contributed by atoms with van der Waals surface area (Å²) in [5.41, 5.74) is 0.535. The highest BCUT2D eigenvalue weighted by Crippen LogP contribution is 2.38. The fraction of sp³-hybridized carbons (Fsp3) is 1.00. The van der Waals surface area contributed by atoms with Gasteiger partial charge in [-0.1, -0.05) is 34.1 Å². The van der Waals surface area contributed by atoms with Crippen molar-refractivity contribution in [2.45, 2.75) is 84.7 Å². The summed E-state index contributed by atoms with van der Waals surface area (Å²) in [6, 6.07) is 1.50. The second-order valence-corrected chi connectivity index (χ2v) is 7.88. The molecular weight excluding hydrogens is 244 g/mol. The Labute approximate surface area is 126 Å². The summed E-state index contributed by atoms with van der Waals surface area (Å²) in [6.07, 6.45) is 9.78. The third kappa shape index (κ3) is 4.21. The van der Waals surface area contributed by atoms with Crippen molar-refractivity contribution in [1.29, 1.82) is 0 Å². The van der Waals surface area contributed by atoms with Crippen molar-refractivity contribution in [2.75, 3.05) is 19.6 Å². The van der Waals surface area contributed by atoms with Crippen LogP contribution in [0.5, 0.6) is 0 Å². The lowest BCUT2D eigenvalue weighted by molar-refractivity contribution is 0.0668. The van der Waals surface area contributed by atoms with Crippen molar-refractivity contribution >= 4 is 0 Å². The Balaban J connectivity index is 2.01. The number of likely N-dealkylation sites (tertiary alicyclic amines) is 1. The molecule has 2 rings (SSSR count). The van der Waals surface area contributed by atoms with E-state index >= 15 is 0 Å². The molecule has 0 aromatic heterocycles. The van der Waals surface area contributed by atoms with E-state index in [1.165, 1.54) is 58.0 Å². The maximum atomic E-state index is 3.77. The molecule has 3 unspecified atom stereocenters. The van der Waals surface area contributed by atoms with Crippen molar-refractivity contribution < 1.29 is 0 Å². The fourth-order valence-corrected chi connectivity index (χ4v) is 4.36. The van der Waals surface area contributed by atoms with Gasteiger partial charge in [0.25, 0.3) is 0 Å². The van der Waals surface area contributed by atoms with Crippen LogP contribution >= 0.6 is 0 Å². The lowest BCUT2D eigenvalue weighted by Gasteiger charge is -2.46. The molecule has 118 valence electrons. The number of likely N-dealkylation sites (N-methyl/N-ethyl adjacent to an activating group) is 1. The van der Waals surface area contributed by atoms with E-state index in [1.807, 2.05) is 0 Å². The third-order valence-corrected chi connectivity index (χ3v) is 5.75. The highest BCUT2D eigenvalue weighted by molar-refractivity contribution is 4.95. The van der Waals surface area contributed by atoms with Gasteiger partial charge in [-0.15, -0.1) is 0 Å². The molecule has 1 saturated carbocycles. The highest BCUT2D eigenvalue weighted by Gasteiger charge is 2.37. The van der Waals surface area contributed by atoms with Gasteiger partial charge in [0, 0.05) is 12.1 Å². The van der Waals surface area contributed by atoms with Gasteiger partial charge in [0.1, 0.15) is 0 Å². The molecule has 1 saturated heterocycles. The molecule has 0 bridgehead atoms. The molecule has 2 heteroatoms. The Morgan fingerprint density at radius 2 is 1.90 bits per heavy atom. The van der Waals surface area contributed by atoms with Crippen LogP contribution in [0.4, 0.5) is 0 Å². The highest BCUT2D eigenvalue weighted by atomic mass is 15.2. The normalized spacial score (nSPS) is 35.7. The minimum Gasteiger partial charge on any atom is -0.313 e. The molecule has 1 aliphatic carbocycles. The van der Waals surface area contributed by atoms with Gasteiger partial charge in [-0.3, -0.25) is 4.90 Å². The van der Waals surface area contributed by atoms with Crippen LogP contribution in [0, 0.1) is 11.3 Å². The van der Waals surface area contributed by atoms with Gasteiger partial charge in [0.05, 0.1) is 0 Å². The Kier molecular flexibility index (Phi) is 5.92. The molecule has 3 atom stereocenters. The van der Waals surface area contributed by atoms with E-state index in [0.717, 1.165) is 24.5 Å². The van der Waals surface area contributed by atoms with Crippen molar-refractivity contribution in [1.82, 2.24) is 10.2 Å². The number of nitrogens with zero attached hydrogens (tertiary/aromatic N) is 1. The molecule has 0 aromatic rings. The van der Waals surface area contributed by atoms with E-state index in [1.54, 1.807) is 0 Å². The quantitative estimate of drug-likeness (QED) is 0.835. The monoisotopic (exact) mass is 280 g/mol. The summed E-state index contributed by atoms with van der Waals surface area (Å²) in [5.74, 6) is 0.981. The van der Waals surface area contributed by atoms with Gasteiger partial charge in [0.2, 0.25) is 0 Å². The molecule has 0 amide bonds. The zero-order valence-corrected chi connectivity index (χ0v) is 14.3. The number of rotatable bonds is 4. The zero-order chi connectivity index (χ0) is 14.6. The van der Waals surface area contributed by atoms with Crippen molar-refractivity contribution in [3.05, 3.63) is 0 Å². The average Bonchev–Trinajstić information content (AvgIpc) is 2.66. The van der Waals surface area contributed by atoms with Crippen LogP contribution in [-0.4, -0.2) is 36.6 Å². The first kappa shape index (κ1) is 16.3. The molecule has 2 fully saturated rings. The van der Waals surface area contributed by atoms with Crippen LogP contribution in [-0.2, 0) is 0 Å². The summed E-state index contributed by atoms with van der Waals surface area (Å²) >= 11 is 0. The summed E-state index contributed by atoms with van der Waals surface area (Å²) in [4.78, 5) is 2.84. The molecule has 0 radical (unpaired) electrons. The molecule has 1 aliphatic heterocycles. The SMILES string of the molecule is CCNC1CCC(C)(C)CC1N1CCCC(CC)CC1. The summed E-state index contributed by atoms with van der Waals surface area (Å²) in [7, 11) is 0. The Morgan fingerprint density at radius 1 is 1.10 bits per heavy atom. The van der Waals surface area contributed by atoms with Crippen LogP contribution in [0.3, 0.4) is 0 Å². The molecule has 2 aliphatic rings. The smallest absolute Gasteiger partial charge is 0.0254 e. The van der Waals surface area contributed by atoms with E-state index in [4.69, 9.17) is 0 Å². The van der Waals surface area contributed by atoms with E-state index in [-0.39, 0.29) is 0 Å². The first-order chi connectivity index (χ1) is 9.55. The molecule has 0 aromatic carbocycles. The second kappa shape index (κ2) is 7.26. The van der Waals surface area contributed by atoms with Gasteiger partial charge in [-0.25, -0.2) is 0 Å². The largest absolute Gasteiger partial charge is 0.313 e. The van der Waals surface area contributed by atoms with Gasteiger partial charge >= 0.3 is 0 Å². The molecule has 20 heavy (non-hydrogen) atoms. The van der Waals surface area contributed by atoms with Gasteiger partial charge in [-0.05, 0) is 69.5 Å². The first-order valence-electron chi connectivity index (χ1n) is 9.03. The number of nitrogens with one attached hydrogen (secondary N) is 1. The third-order valence-electron chi connectivity index (χ3n) is 5.75. The fourth-order valence-electron chi connectivity index (χ4n) is 4.36. The average molecular weight is 280 g/mol. The maximum absolute atomic E-state index is 3.77. The maximum Gasteiger partial charge on any atom is 0.0254 e. The van der Waals surface area contributed by atoms with E-state index in [9.17, 15) is 0 Å². The van der Waals surface area contributed by atoms with Crippen LogP contribution < -0.4 is 5.32 Å². The van der Waals surface area contributed by atoms with E-state index in [0.29, 0.717) is 5.41 Å². The predicted molar refractivity (Wildman–Crippen MR) is 88.1 cm³/mol. The van der Waals surface area contributed by atoms with Crippen molar-refractivity contribution in [3.8, 4) is 0 Å². The van der Waals surface area contributed by atoms with Crippen molar-refractivity contribution in [2.24, 2.45) is 11.3 Å². The minimum absolute atomic E-state index is 0.535.